The predicted octanol–water partition coefficient (Wildman–Crippen LogP) is 1.17. The van der Waals surface area contributed by atoms with Crippen LogP contribution in [0.25, 0.3) is 10.9 Å². The minimum atomic E-state index is -1.38. The van der Waals surface area contributed by atoms with E-state index in [9.17, 15) is 44.4 Å². The quantitative estimate of drug-likeness (QED) is 0.124. The monoisotopic (exact) mass is 627 g/mol. The molecule has 2 aromatic carbocycles. The number of anilines is 1. The number of pyridine rings is 1. The number of aromatic carboxylic acids is 1. The lowest BCUT2D eigenvalue weighted by atomic mass is 10.1. The lowest BCUT2D eigenvalue weighted by Gasteiger charge is -2.36. The first kappa shape index (κ1) is 32.7. The average molecular weight is 628 g/mol. The molecule has 1 atom stereocenters. The number of fused-ring (bicyclic) bond motifs is 1. The lowest BCUT2D eigenvalue weighted by Crippen LogP contribution is -2.50. The van der Waals surface area contributed by atoms with E-state index >= 15 is 4.39 Å². The first-order chi connectivity index (χ1) is 21.4. The molecular weight excluding hydrogens is 593 g/mol. The molecule has 2 heterocycles. The summed E-state index contributed by atoms with van der Waals surface area (Å²) in [5.41, 5.74) is -0.750. The fraction of sp³-hybridized carbons (Fsp3) is 0.367. The molecule has 2 amide bonds. The highest BCUT2D eigenvalue weighted by atomic mass is 19.1. The number of nitrogens with zero attached hydrogens (tertiary/aromatic N) is 3. The van der Waals surface area contributed by atoms with Crippen molar-refractivity contribution in [1.82, 2.24) is 20.1 Å². The normalized spacial score (nSPS) is 14.2. The number of aromatic nitrogens is 1. The van der Waals surface area contributed by atoms with Gasteiger partial charge in [0, 0.05) is 50.9 Å². The van der Waals surface area contributed by atoms with Crippen LogP contribution in [0.5, 0.6) is 11.5 Å². The molecule has 1 aliphatic rings. The molecule has 0 unspecified atom stereocenters. The number of phenols is 2. The summed E-state index contributed by atoms with van der Waals surface area (Å²) in [5, 5.41) is 43.2. The number of amides is 2. The van der Waals surface area contributed by atoms with Crippen LogP contribution in [0.15, 0.2) is 41.3 Å². The Bertz CT molecular complexity index is 1680. The smallest absolute Gasteiger partial charge is 0.341 e. The number of carbonyl (C=O) groups excluding carboxylic acids is 2. The largest absolute Gasteiger partial charge is 0.504 e. The Balaban J connectivity index is 1.27. The number of phenolic OH excluding ortho intramolecular Hbond substituents is 2. The van der Waals surface area contributed by atoms with Crippen molar-refractivity contribution < 1.29 is 44.0 Å². The molecule has 1 saturated heterocycles. The first-order valence-corrected chi connectivity index (χ1v) is 14.3. The Kier molecular flexibility index (Phi) is 10.2. The van der Waals surface area contributed by atoms with Crippen molar-refractivity contribution in [1.29, 1.82) is 0 Å². The number of para-hydroxylation sites is 1. The summed E-state index contributed by atoms with van der Waals surface area (Å²) >= 11 is 0. The zero-order chi connectivity index (χ0) is 32.8. The van der Waals surface area contributed by atoms with Crippen molar-refractivity contribution in [3.05, 3.63) is 63.7 Å². The molecule has 1 fully saturated rings. The van der Waals surface area contributed by atoms with Crippen LogP contribution in [0.1, 0.15) is 40.5 Å². The SMILES string of the molecule is CCn1cc(C(=O)O)c(=O)c2cc(F)c(N3CCN(CC(=O)NCCC[C@@H](NC(=O)c4cccc(O)c4O)C(=O)O)CC3)cc21. The highest BCUT2D eigenvalue weighted by molar-refractivity contribution is 5.99. The number of aliphatic carboxylic acids is 1. The number of piperazine rings is 1. The van der Waals surface area contributed by atoms with Gasteiger partial charge in [0.05, 0.1) is 23.3 Å². The van der Waals surface area contributed by atoms with E-state index in [1.807, 2.05) is 4.90 Å². The van der Waals surface area contributed by atoms with Crippen LogP contribution in [0.4, 0.5) is 10.1 Å². The number of carbonyl (C=O) groups is 4. The molecule has 0 aliphatic carbocycles. The van der Waals surface area contributed by atoms with Gasteiger partial charge in [0.25, 0.3) is 5.91 Å². The van der Waals surface area contributed by atoms with Crippen LogP contribution in [0, 0.1) is 5.82 Å². The van der Waals surface area contributed by atoms with Crippen LogP contribution in [-0.2, 0) is 16.1 Å². The lowest BCUT2D eigenvalue weighted by molar-refractivity contribution is -0.139. The Labute approximate surface area is 256 Å². The van der Waals surface area contributed by atoms with Gasteiger partial charge < -0.3 is 40.5 Å². The van der Waals surface area contributed by atoms with Gasteiger partial charge in [-0.3, -0.25) is 19.3 Å². The summed E-state index contributed by atoms with van der Waals surface area (Å²) < 4.78 is 16.7. The van der Waals surface area contributed by atoms with E-state index in [0.29, 0.717) is 38.2 Å². The van der Waals surface area contributed by atoms with Crippen LogP contribution < -0.4 is 21.0 Å². The molecule has 240 valence electrons. The molecule has 0 bridgehead atoms. The molecule has 1 aliphatic heterocycles. The van der Waals surface area contributed by atoms with Gasteiger partial charge in [-0.1, -0.05) is 6.07 Å². The zero-order valence-corrected chi connectivity index (χ0v) is 24.5. The minimum absolute atomic E-state index is 0.000412. The second-order valence-corrected chi connectivity index (χ2v) is 10.6. The standard InChI is InChI=1S/C30H34FN5O9/c1-2-35-15-19(29(42)43)26(39)18-13-20(31)23(14-22(18)35)36-11-9-34(10-12-36)16-25(38)32-8-4-6-21(30(44)45)33-28(41)17-5-3-7-24(37)27(17)40/h3,5,7,13-15,21,37,40H,2,4,6,8-12,16H2,1H3,(H,32,38)(H,33,41)(H,42,43)(H,44,45)/t21-/m1/s1. The average Bonchev–Trinajstić information content (AvgIpc) is 3.00. The van der Waals surface area contributed by atoms with Crippen molar-refractivity contribution in [2.45, 2.75) is 32.4 Å². The van der Waals surface area contributed by atoms with Crippen LogP contribution >= 0.6 is 0 Å². The number of halogens is 1. The third-order valence-corrected chi connectivity index (χ3v) is 7.65. The summed E-state index contributed by atoms with van der Waals surface area (Å²) in [6.45, 7) is 4.06. The van der Waals surface area contributed by atoms with Crippen molar-refractivity contribution in [3.63, 3.8) is 0 Å². The molecule has 3 aromatic rings. The number of aryl methyl sites for hydroxylation is 1. The number of carboxylic acid groups (broad SMARTS) is 2. The maximum absolute atomic E-state index is 15.1. The van der Waals surface area contributed by atoms with Crippen LogP contribution in [-0.4, -0.2) is 99.0 Å². The Morgan fingerprint density at radius 2 is 1.73 bits per heavy atom. The Hall–Kier alpha value is -5.18. The maximum atomic E-state index is 15.1. The highest BCUT2D eigenvalue weighted by Crippen LogP contribution is 2.28. The van der Waals surface area contributed by atoms with Crippen molar-refractivity contribution in [3.8, 4) is 11.5 Å². The number of rotatable bonds is 12. The third-order valence-electron chi connectivity index (χ3n) is 7.65. The summed E-state index contributed by atoms with van der Waals surface area (Å²) in [4.78, 5) is 64.3. The number of nitrogens with one attached hydrogen (secondary N) is 2. The second kappa shape index (κ2) is 14.1. The van der Waals surface area contributed by atoms with Crippen LogP contribution in [0.3, 0.4) is 0 Å². The topological polar surface area (TPSA) is 202 Å². The Morgan fingerprint density at radius 3 is 2.38 bits per heavy atom. The second-order valence-electron chi connectivity index (χ2n) is 10.6. The van der Waals surface area contributed by atoms with Crippen molar-refractivity contribution >= 4 is 40.3 Å². The molecule has 6 N–H and O–H groups in total. The number of carboxylic acids is 2. The summed E-state index contributed by atoms with van der Waals surface area (Å²) in [6.07, 6.45) is 1.49. The van der Waals surface area contributed by atoms with Gasteiger partial charge in [0.2, 0.25) is 11.3 Å². The number of benzene rings is 2. The molecule has 4 rings (SSSR count). The van der Waals surface area contributed by atoms with Gasteiger partial charge in [-0.25, -0.2) is 14.0 Å². The van der Waals surface area contributed by atoms with E-state index < -0.39 is 52.2 Å². The van der Waals surface area contributed by atoms with Gasteiger partial charge in [-0.15, -0.1) is 0 Å². The first-order valence-electron chi connectivity index (χ1n) is 14.3. The maximum Gasteiger partial charge on any atom is 0.341 e. The molecular formula is C30H34FN5O9. The van der Waals surface area contributed by atoms with E-state index in [0.717, 1.165) is 6.07 Å². The van der Waals surface area contributed by atoms with Crippen molar-refractivity contribution in [2.24, 2.45) is 0 Å². The number of hydrogen-bond acceptors (Lipinski definition) is 9. The third kappa shape index (κ3) is 7.49. The van der Waals surface area contributed by atoms with Gasteiger partial charge in [-0.05, 0) is 44.0 Å². The predicted molar refractivity (Wildman–Crippen MR) is 160 cm³/mol. The minimum Gasteiger partial charge on any atom is -0.504 e. The molecule has 15 heteroatoms. The summed E-state index contributed by atoms with van der Waals surface area (Å²) in [7, 11) is 0. The summed E-state index contributed by atoms with van der Waals surface area (Å²) in [6, 6.07) is 5.09. The van der Waals surface area contributed by atoms with Gasteiger partial charge in [0.1, 0.15) is 17.4 Å². The van der Waals surface area contributed by atoms with Gasteiger partial charge in [0.15, 0.2) is 11.5 Å². The highest BCUT2D eigenvalue weighted by Gasteiger charge is 2.25. The molecule has 0 radical (unpaired) electrons. The molecule has 0 spiro atoms. The van der Waals surface area contributed by atoms with E-state index in [-0.39, 0.29) is 48.5 Å². The number of aromatic hydroxyl groups is 2. The molecule has 14 nitrogen and oxygen atoms in total. The zero-order valence-electron chi connectivity index (χ0n) is 24.5. The van der Waals surface area contributed by atoms with Crippen LogP contribution in [0.2, 0.25) is 0 Å². The number of hydrogen-bond donors (Lipinski definition) is 6. The fourth-order valence-electron chi connectivity index (χ4n) is 5.20. The van der Waals surface area contributed by atoms with E-state index in [2.05, 4.69) is 10.6 Å². The molecule has 0 saturated carbocycles. The Morgan fingerprint density at radius 1 is 1.02 bits per heavy atom. The van der Waals surface area contributed by atoms with E-state index in [1.54, 1.807) is 22.5 Å². The molecule has 45 heavy (non-hydrogen) atoms. The summed E-state index contributed by atoms with van der Waals surface area (Å²) in [5.74, 6) is -5.65. The fourth-order valence-corrected chi connectivity index (χ4v) is 5.20. The van der Waals surface area contributed by atoms with E-state index in [1.165, 1.54) is 24.4 Å². The van der Waals surface area contributed by atoms with Gasteiger partial charge in [-0.2, -0.15) is 0 Å². The molecule has 1 aromatic heterocycles. The van der Waals surface area contributed by atoms with Gasteiger partial charge >= 0.3 is 11.9 Å². The van der Waals surface area contributed by atoms with E-state index in [4.69, 9.17) is 0 Å². The van der Waals surface area contributed by atoms with Crippen molar-refractivity contribution in [2.75, 3.05) is 44.2 Å².